The molecule has 2 heterocycles. The molecular weight excluding hydrogens is 416 g/mol. The van der Waals surface area contributed by atoms with Crippen molar-refractivity contribution in [2.24, 2.45) is 0 Å². The molecule has 2 aliphatic rings. The minimum atomic E-state index is -5.08. The van der Waals surface area contributed by atoms with Gasteiger partial charge in [-0.1, -0.05) is 0 Å². The summed E-state index contributed by atoms with van der Waals surface area (Å²) in [7, 11) is 3.40. The van der Waals surface area contributed by atoms with Crippen molar-refractivity contribution in [1.82, 2.24) is 14.9 Å². The zero-order valence-electron chi connectivity index (χ0n) is 16.3. The largest absolute Gasteiger partial charge is 0.490 e. The van der Waals surface area contributed by atoms with Crippen molar-refractivity contribution in [1.29, 1.82) is 0 Å². The zero-order chi connectivity index (χ0) is 22.5. The molecule has 1 N–H and O–H groups in total. The summed E-state index contributed by atoms with van der Waals surface area (Å²) < 4.78 is 56.4. The number of fused-ring (bicyclic) bond motifs is 1. The Hall–Kier alpha value is -2.54. The first-order valence-electron chi connectivity index (χ1n) is 8.98. The molecular formula is C17H22F4N4O5. The van der Waals surface area contributed by atoms with Crippen LogP contribution in [0.25, 0.3) is 0 Å². The predicted octanol–water partition coefficient (Wildman–Crippen LogP) is 1.09. The topological polar surface area (TPSA) is 105 Å². The molecule has 1 saturated carbocycles. The number of hydrogen-bond acceptors (Lipinski definition) is 7. The molecule has 3 rings (SSSR count). The first-order valence-corrected chi connectivity index (χ1v) is 8.98. The number of carboxylic acids is 1. The van der Waals surface area contributed by atoms with Crippen molar-refractivity contribution in [3.8, 4) is 0 Å². The Labute approximate surface area is 169 Å². The molecule has 30 heavy (non-hydrogen) atoms. The van der Waals surface area contributed by atoms with Gasteiger partial charge in [0.15, 0.2) is 5.82 Å². The van der Waals surface area contributed by atoms with Crippen molar-refractivity contribution in [3.05, 3.63) is 18.2 Å². The molecule has 1 saturated heterocycles. The van der Waals surface area contributed by atoms with E-state index in [0.29, 0.717) is 19.1 Å². The highest BCUT2D eigenvalue weighted by Crippen LogP contribution is 2.33. The van der Waals surface area contributed by atoms with Crippen molar-refractivity contribution < 1.29 is 41.7 Å². The van der Waals surface area contributed by atoms with Crippen LogP contribution in [0.2, 0.25) is 0 Å². The van der Waals surface area contributed by atoms with Gasteiger partial charge in [0.05, 0.1) is 31.1 Å². The molecule has 1 amide bonds. The molecule has 1 aromatic rings. The molecule has 9 nitrogen and oxygen atoms in total. The van der Waals surface area contributed by atoms with Gasteiger partial charge in [0.1, 0.15) is 12.7 Å². The highest BCUT2D eigenvalue weighted by molar-refractivity contribution is 5.76. The standard InChI is InChI=1S/C15H21FN4O3.C2HF3O2/c1-19(2)13(21)9-23-12-4-3-11-14(12)22-6-5-20(11)15-17-7-10(16)8-18-15;3-2(4,5)1(6)7/h7-8,11-12,14H,3-6,9H2,1-2H3;(H,6,7)/t11-,12+,14+;/m0./s1. The second kappa shape index (κ2) is 9.98. The number of hydrogen-bond donors (Lipinski definition) is 1. The van der Waals surface area contributed by atoms with Crippen LogP contribution in [0.1, 0.15) is 12.8 Å². The maximum absolute atomic E-state index is 13.0. The van der Waals surface area contributed by atoms with E-state index in [9.17, 15) is 22.4 Å². The number of aliphatic carboxylic acids is 1. The first-order chi connectivity index (χ1) is 14.0. The van der Waals surface area contributed by atoms with E-state index in [1.165, 1.54) is 17.3 Å². The van der Waals surface area contributed by atoms with Gasteiger partial charge in [-0.15, -0.1) is 0 Å². The molecule has 3 atom stereocenters. The second-order valence-electron chi connectivity index (χ2n) is 6.82. The smallest absolute Gasteiger partial charge is 0.475 e. The number of halogens is 4. The van der Waals surface area contributed by atoms with Crippen LogP contribution < -0.4 is 4.90 Å². The number of nitrogens with zero attached hydrogens (tertiary/aromatic N) is 4. The summed E-state index contributed by atoms with van der Waals surface area (Å²) in [4.78, 5) is 32.3. The number of alkyl halides is 3. The van der Waals surface area contributed by atoms with Crippen LogP contribution in [0.4, 0.5) is 23.5 Å². The fraction of sp³-hybridized carbons (Fsp3) is 0.647. The second-order valence-corrected chi connectivity index (χ2v) is 6.82. The number of carbonyl (C=O) groups is 2. The number of anilines is 1. The summed E-state index contributed by atoms with van der Waals surface area (Å²) in [5.41, 5.74) is 0. The lowest BCUT2D eigenvalue weighted by atomic mass is 10.1. The molecule has 0 spiro atoms. The third-order valence-electron chi connectivity index (χ3n) is 4.56. The lowest BCUT2D eigenvalue weighted by Gasteiger charge is -2.39. The maximum atomic E-state index is 13.0. The summed E-state index contributed by atoms with van der Waals surface area (Å²) in [6.07, 6.45) is -1.30. The Kier molecular flexibility index (Phi) is 7.89. The van der Waals surface area contributed by atoms with Crippen molar-refractivity contribution in [3.63, 3.8) is 0 Å². The molecule has 0 aromatic carbocycles. The highest BCUT2D eigenvalue weighted by atomic mass is 19.4. The van der Waals surface area contributed by atoms with Crippen molar-refractivity contribution in [2.45, 2.75) is 37.3 Å². The van der Waals surface area contributed by atoms with Gasteiger partial charge < -0.3 is 24.4 Å². The van der Waals surface area contributed by atoms with Crippen molar-refractivity contribution >= 4 is 17.8 Å². The van der Waals surface area contributed by atoms with E-state index in [4.69, 9.17) is 19.4 Å². The van der Waals surface area contributed by atoms with Crippen LogP contribution in [-0.2, 0) is 19.1 Å². The Balaban J connectivity index is 0.000000396. The average molecular weight is 438 g/mol. The number of carbonyl (C=O) groups excluding carboxylic acids is 1. The molecule has 13 heteroatoms. The van der Waals surface area contributed by atoms with E-state index >= 15 is 0 Å². The molecule has 1 aliphatic heterocycles. The van der Waals surface area contributed by atoms with Gasteiger partial charge in [-0.25, -0.2) is 19.2 Å². The Bertz CT molecular complexity index is 732. The minimum Gasteiger partial charge on any atom is -0.475 e. The third-order valence-corrected chi connectivity index (χ3v) is 4.56. The minimum absolute atomic E-state index is 0.0529. The number of likely N-dealkylation sites (N-methyl/N-ethyl adjacent to an activating group) is 1. The Morgan fingerprint density at radius 3 is 2.43 bits per heavy atom. The third kappa shape index (κ3) is 6.23. The molecule has 1 aliphatic carbocycles. The van der Waals surface area contributed by atoms with Gasteiger partial charge in [-0.2, -0.15) is 13.2 Å². The Morgan fingerprint density at radius 1 is 1.30 bits per heavy atom. The van der Waals surface area contributed by atoms with Crippen LogP contribution in [-0.4, -0.2) is 90.1 Å². The summed E-state index contributed by atoms with van der Waals surface area (Å²) in [5, 5.41) is 7.12. The maximum Gasteiger partial charge on any atom is 0.490 e. The van der Waals surface area contributed by atoms with E-state index in [2.05, 4.69) is 9.97 Å². The van der Waals surface area contributed by atoms with Crippen molar-refractivity contribution in [2.75, 3.05) is 38.8 Å². The number of aromatic nitrogens is 2. The monoisotopic (exact) mass is 438 g/mol. The van der Waals surface area contributed by atoms with Gasteiger partial charge >= 0.3 is 12.1 Å². The summed E-state index contributed by atoms with van der Waals surface area (Å²) in [6, 6.07) is 0.0914. The van der Waals surface area contributed by atoms with E-state index < -0.39 is 18.0 Å². The molecule has 0 bridgehead atoms. The summed E-state index contributed by atoms with van der Waals surface area (Å²) >= 11 is 0. The molecule has 1 aromatic heterocycles. The predicted molar refractivity (Wildman–Crippen MR) is 94.2 cm³/mol. The van der Waals surface area contributed by atoms with Crippen LogP contribution >= 0.6 is 0 Å². The van der Waals surface area contributed by atoms with Crippen LogP contribution in [0.15, 0.2) is 12.4 Å². The van der Waals surface area contributed by atoms with Gasteiger partial charge in [-0.3, -0.25) is 4.79 Å². The summed E-state index contributed by atoms with van der Waals surface area (Å²) in [5.74, 6) is -2.77. The number of carboxylic acid groups (broad SMARTS) is 1. The number of amides is 1. The fourth-order valence-corrected chi connectivity index (χ4v) is 3.10. The zero-order valence-corrected chi connectivity index (χ0v) is 16.3. The van der Waals surface area contributed by atoms with Gasteiger partial charge in [0.25, 0.3) is 0 Å². The molecule has 2 fully saturated rings. The number of rotatable bonds is 4. The molecule has 0 unspecified atom stereocenters. The van der Waals surface area contributed by atoms with Gasteiger partial charge in [0, 0.05) is 20.6 Å². The molecule has 0 radical (unpaired) electrons. The van der Waals surface area contributed by atoms with E-state index in [1.807, 2.05) is 4.90 Å². The molecule has 168 valence electrons. The SMILES string of the molecule is CN(C)C(=O)CO[C@@H]1CC[C@H]2[C@H]1OCCN2c1ncc(F)cn1.O=C(O)C(F)(F)F. The normalized spacial score (nSPS) is 23.3. The number of ether oxygens (including phenoxy) is 2. The van der Waals surface area contributed by atoms with Gasteiger partial charge in [-0.05, 0) is 12.8 Å². The lowest BCUT2D eigenvalue weighted by molar-refractivity contribution is -0.192. The van der Waals surface area contributed by atoms with Crippen LogP contribution in [0.5, 0.6) is 0 Å². The Morgan fingerprint density at radius 2 is 1.90 bits per heavy atom. The lowest BCUT2D eigenvalue weighted by Crippen LogP contribution is -2.52. The van der Waals surface area contributed by atoms with E-state index in [1.54, 1.807) is 14.1 Å². The fourth-order valence-electron chi connectivity index (χ4n) is 3.10. The van der Waals surface area contributed by atoms with Crippen LogP contribution in [0.3, 0.4) is 0 Å². The summed E-state index contributed by atoms with van der Waals surface area (Å²) in [6.45, 7) is 1.25. The van der Waals surface area contributed by atoms with E-state index in [-0.39, 0.29) is 30.8 Å². The highest BCUT2D eigenvalue weighted by Gasteiger charge is 2.44. The van der Waals surface area contributed by atoms with Gasteiger partial charge in [0.2, 0.25) is 11.9 Å². The first kappa shape index (κ1) is 23.7. The number of morpholine rings is 1. The van der Waals surface area contributed by atoms with E-state index in [0.717, 1.165) is 12.8 Å². The van der Waals surface area contributed by atoms with Crippen LogP contribution in [0, 0.1) is 5.82 Å². The average Bonchev–Trinajstić information content (AvgIpc) is 3.09. The quantitative estimate of drug-likeness (QED) is 0.697.